The van der Waals surface area contributed by atoms with Gasteiger partial charge < -0.3 is 20.1 Å². The molecule has 0 atom stereocenters. The van der Waals surface area contributed by atoms with Crippen molar-refractivity contribution in [3.63, 3.8) is 0 Å². The maximum absolute atomic E-state index is 11.5. The van der Waals surface area contributed by atoms with Crippen molar-refractivity contribution >= 4 is 29.5 Å². The highest BCUT2D eigenvalue weighted by molar-refractivity contribution is 5.89. The Bertz CT molecular complexity index is 1170. The maximum Gasteiger partial charge on any atom is 0.337 e. The van der Waals surface area contributed by atoms with Gasteiger partial charge in [-0.15, -0.1) is 0 Å². The van der Waals surface area contributed by atoms with E-state index in [9.17, 15) is 10.1 Å². The first-order valence-electron chi connectivity index (χ1n) is 9.60. The van der Waals surface area contributed by atoms with Crippen LogP contribution in [0.15, 0.2) is 48.5 Å². The zero-order valence-corrected chi connectivity index (χ0v) is 17.9. The normalized spacial score (nSPS) is 10.9. The van der Waals surface area contributed by atoms with E-state index in [1.165, 1.54) is 7.11 Å². The summed E-state index contributed by atoms with van der Waals surface area (Å²) in [6.07, 6.45) is 1.67. The number of hydrogen-bond donors (Lipinski definition) is 1. The maximum atomic E-state index is 11.5. The molecule has 3 aromatic rings. The fourth-order valence-corrected chi connectivity index (χ4v) is 2.70. The van der Waals surface area contributed by atoms with Crippen molar-refractivity contribution < 1.29 is 14.3 Å². The van der Waals surface area contributed by atoms with E-state index in [4.69, 9.17) is 10.5 Å². The van der Waals surface area contributed by atoms with Crippen LogP contribution in [0.1, 0.15) is 27.3 Å². The molecular formula is C23H22N6O3. The number of nitrogen functional groups attached to an aromatic ring is 1. The Kier molecular flexibility index (Phi) is 6.98. The number of methoxy groups -OCH3 is 1. The molecule has 0 fully saturated rings. The Hall–Kier alpha value is -4.45. The average Bonchev–Trinajstić information content (AvgIpc) is 2.81. The quantitative estimate of drug-likeness (QED) is 0.444. The zero-order valence-electron chi connectivity index (χ0n) is 17.9. The van der Waals surface area contributed by atoms with Gasteiger partial charge in [-0.2, -0.15) is 20.2 Å². The molecule has 0 saturated carbocycles. The van der Waals surface area contributed by atoms with Crippen LogP contribution in [0, 0.1) is 11.3 Å². The van der Waals surface area contributed by atoms with Gasteiger partial charge >= 0.3 is 5.97 Å². The standard InChI is InChI=1S/C23H22N6O3/c1-29(2)23-27-20(26-22(25)28-23)18(13-24)12-15-6-10-19(11-7-15)32-14-16-4-8-17(9-5-16)21(30)31-3/h4-12H,14H2,1-3H3,(H2,25,26,27,28)/b18-12+. The summed E-state index contributed by atoms with van der Waals surface area (Å²) in [4.78, 5) is 25.6. The minimum atomic E-state index is -0.379. The number of carbonyl (C=O) groups is 1. The molecule has 162 valence electrons. The summed E-state index contributed by atoms with van der Waals surface area (Å²) < 4.78 is 10.5. The Labute approximate surface area is 185 Å². The lowest BCUT2D eigenvalue weighted by molar-refractivity contribution is 0.0600. The van der Waals surface area contributed by atoms with Gasteiger partial charge in [0.25, 0.3) is 0 Å². The van der Waals surface area contributed by atoms with E-state index in [2.05, 4.69) is 25.8 Å². The topological polar surface area (TPSA) is 127 Å². The number of hydrogen-bond acceptors (Lipinski definition) is 9. The van der Waals surface area contributed by atoms with Crippen LogP contribution in [0.25, 0.3) is 11.6 Å². The Morgan fingerprint density at radius 3 is 2.38 bits per heavy atom. The molecule has 9 heteroatoms. The number of nitrogens with two attached hydrogens (primary N) is 1. The molecule has 1 heterocycles. The third kappa shape index (κ3) is 5.58. The molecule has 32 heavy (non-hydrogen) atoms. The number of rotatable bonds is 7. The third-order valence-corrected chi connectivity index (χ3v) is 4.37. The molecule has 0 saturated heterocycles. The monoisotopic (exact) mass is 430 g/mol. The number of ether oxygens (including phenoxy) is 2. The SMILES string of the molecule is COC(=O)c1ccc(COc2ccc(/C=C(\C#N)c3nc(N)nc(N(C)C)n3)cc2)cc1. The second-order valence-electron chi connectivity index (χ2n) is 6.93. The molecule has 0 aliphatic heterocycles. The molecular weight excluding hydrogens is 408 g/mol. The number of esters is 1. The van der Waals surface area contributed by atoms with Gasteiger partial charge in [0.2, 0.25) is 11.9 Å². The number of aromatic nitrogens is 3. The molecule has 1 aromatic heterocycles. The first kappa shape index (κ1) is 22.2. The van der Waals surface area contributed by atoms with E-state index >= 15 is 0 Å². The van der Waals surface area contributed by atoms with Gasteiger partial charge in [-0.25, -0.2) is 4.79 Å². The smallest absolute Gasteiger partial charge is 0.337 e. The number of nitrogens with zero attached hydrogens (tertiary/aromatic N) is 5. The van der Waals surface area contributed by atoms with Crippen molar-refractivity contribution in [3.8, 4) is 11.8 Å². The molecule has 0 aliphatic carbocycles. The zero-order chi connectivity index (χ0) is 23.1. The predicted molar refractivity (Wildman–Crippen MR) is 121 cm³/mol. The highest BCUT2D eigenvalue weighted by Crippen LogP contribution is 2.20. The van der Waals surface area contributed by atoms with Crippen LogP contribution >= 0.6 is 0 Å². The van der Waals surface area contributed by atoms with E-state index in [-0.39, 0.29) is 23.3 Å². The molecule has 0 amide bonds. The van der Waals surface area contributed by atoms with E-state index < -0.39 is 0 Å². The molecule has 0 spiro atoms. The largest absolute Gasteiger partial charge is 0.489 e. The Balaban J connectivity index is 1.70. The van der Waals surface area contributed by atoms with Crippen LogP contribution in [0.3, 0.4) is 0 Å². The summed E-state index contributed by atoms with van der Waals surface area (Å²) in [6.45, 7) is 0.345. The second kappa shape index (κ2) is 10.0. The van der Waals surface area contributed by atoms with Crippen LogP contribution in [-0.4, -0.2) is 42.1 Å². The number of allylic oxidation sites excluding steroid dienone is 1. The highest BCUT2D eigenvalue weighted by atomic mass is 16.5. The Morgan fingerprint density at radius 2 is 1.78 bits per heavy atom. The minimum absolute atomic E-state index is 0.0446. The van der Waals surface area contributed by atoms with Crippen molar-refractivity contribution in [1.82, 2.24) is 15.0 Å². The lowest BCUT2D eigenvalue weighted by Gasteiger charge is -2.11. The molecule has 0 aliphatic rings. The molecule has 9 nitrogen and oxygen atoms in total. The fraction of sp³-hybridized carbons (Fsp3) is 0.174. The summed E-state index contributed by atoms with van der Waals surface area (Å²) in [7, 11) is 4.90. The van der Waals surface area contributed by atoms with Gasteiger partial charge in [0.15, 0.2) is 5.82 Å². The molecule has 0 radical (unpaired) electrons. The van der Waals surface area contributed by atoms with Gasteiger partial charge in [0, 0.05) is 14.1 Å². The lowest BCUT2D eigenvalue weighted by Crippen LogP contribution is -2.15. The van der Waals surface area contributed by atoms with Crippen LogP contribution in [-0.2, 0) is 11.3 Å². The van der Waals surface area contributed by atoms with Gasteiger partial charge in [-0.3, -0.25) is 0 Å². The van der Waals surface area contributed by atoms with Crippen LogP contribution in [0.4, 0.5) is 11.9 Å². The summed E-state index contributed by atoms with van der Waals surface area (Å²) in [5, 5.41) is 9.57. The predicted octanol–water partition coefficient (Wildman–Crippen LogP) is 2.95. The average molecular weight is 430 g/mol. The summed E-state index contributed by atoms with van der Waals surface area (Å²) in [5.74, 6) is 0.910. The fourth-order valence-electron chi connectivity index (χ4n) is 2.70. The Morgan fingerprint density at radius 1 is 1.09 bits per heavy atom. The van der Waals surface area contributed by atoms with Crippen molar-refractivity contribution in [1.29, 1.82) is 5.26 Å². The van der Waals surface area contributed by atoms with Crippen molar-refractivity contribution in [2.45, 2.75) is 6.61 Å². The van der Waals surface area contributed by atoms with E-state index in [0.29, 0.717) is 23.9 Å². The van der Waals surface area contributed by atoms with Crippen molar-refractivity contribution in [2.75, 3.05) is 31.8 Å². The van der Waals surface area contributed by atoms with E-state index in [1.54, 1.807) is 49.3 Å². The number of benzene rings is 2. The number of nitriles is 1. The van der Waals surface area contributed by atoms with E-state index in [0.717, 1.165) is 11.1 Å². The van der Waals surface area contributed by atoms with Crippen LogP contribution in [0.2, 0.25) is 0 Å². The lowest BCUT2D eigenvalue weighted by atomic mass is 10.1. The number of carbonyl (C=O) groups excluding carboxylic acids is 1. The summed E-state index contributed by atoms with van der Waals surface area (Å²) >= 11 is 0. The molecule has 2 N–H and O–H groups in total. The minimum Gasteiger partial charge on any atom is -0.489 e. The third-order valence-electron chi connectivity index (χ3n) is 4.37. The van der Waals surface area contributed by atoms with Gasteiger partial charge in [0.05, 0.1) is 18.2 Å². The molecule has 0 bridgehead atoms. The summed E-state index contributed by atoms with van der Waals surface area (Å²) in [6, 6.07) is 16.4. The highest BCUT2D eigenvalue weighted by Gasteiger charge is 2.11. The molecule has 0 unspecified atom stereocenters. The van der Waals surface area contributed by atoms with Crippen molar-refractivity contribution in [3.05, 3.63) is 71.0 Å². The summed E-state index contributed by atoms with van der Waals surface area (Å²) in [5.41, 5.74) is 8.19. The van der Waals surface area contributed by atoms with Crippen LogP contribution < -0.4 is 15.4 Å². The number of anilines is 2. The molecule has 3 rings (SSSR count). The first-order chi connectivity index (χ1) is 15.4. The van der Waals surface area contributed by atoms with Gasteiger partial charge in [0.1, 0.15) is 18.4 Å². The van der Waals surface area contributed by atoms with Gasteiger partial charge in [-0.05, 0) is 41.5 Å². The molecule has 2 aromatic carbocycles. The van der Waals surface area contributed by atoms with Gasteiger partial charge in [-0.1, -0.05) is 24.3 Å². The second-order valence-corrected chi connectivity index (χ2v) is 6.93. The van der Waals surface area contributed by atoms with E-state index in [1.807, 2.05) is 24.3 Å². The van der Waals surface area contributed by atoms with Crippen LogP contribution in [0.5, 0.6) is 5.75 Å². The first-order valence-corrected chi connectivity index (χ1v) is 9.60. The van der Waals surface area contributed by atoms with Crippen molar-refractivity contribution in [2.24, 2.45) is 0 Å².